The van der Waals surface area contributed by atoms with Crippen molar-refractivity contribution < 1.29 is 19.7 Å². The molecule has 2 N–H and O–H groups in total. The minimum Gasteiger partial charge on any atom is -0.507 e. The third kappa shape index (κ3) is 2.56. The van der Waals surface area contributed by atoms with Crippen molar-refractivity contribution in [2.24, 2.45) is 4.99 Å². The van der Waals surface area contributed by atoms with Gasteiger partial charge in [0.2, 0.25) is 0 Å². The molecule has 20 heavy (non-hydrogen) atoms. The SMILES string of the molecule is CCOC(=O)C1=C(O)C(=Cc2ccccc2O)N=C1C. The number of aliphatic hydroxyl groups excluding tert-OH is 1. The molecule has 5 nitrogen and oxygen atoms in total. The topological polar surface area (TPSA) is 79.1 Å². The smallest absolute Gasteiger partial charge is 0.343 e. The van der Waals surface area contributed by atoms with Gasteiger partial charge in [0, 0.05) is 5.56 Å². The zero-order valence-corrected chi connectivity index (χ0v) is 11.3. The molecule has 0 saturated heterocycles. The van der Waals surface area contributed by atoms with E-state index in [1.165, 1.54) is 12.1 Å². The minimum atomic E-state index is -0.605. The summed E-state index contributed by atoms with van der Waals surface area (Å²) in [5.74, 6) is -0.763. The summed E-state index contributed by atoms with van der Waals surface area (Å²) in [4.78, 5) is 15.9. The van der Waals surface area contributed by atoms with E-state index in [1.807, 2.05) is 0 Å². The van der Waals surface area contributed by atoms with Crippen molar-refractivity contribution in [3.8, 4) is 5.75 Å². The van der Waals surface area contributed by atoms with Gasteiger partial charge >= 0.3 is 5.97 Å². The number of nitrogens with zero attached hydrogens (tertiary/aromatic N) is 1. The molecular formula is C15H15NO4. The maximum Gasteiger partial charge on any atom is 0.343 e. The number of benzene rings is 1. The van der Waals surface area contributed by atoms with E-state index in [0.717, 1.165) is 0 Å². The van der Waals surface area contributed by atoms with Crippen LogP contribution in [0.2, 0.25) is 0 Å². The maximum atomic E-state index is 11.7. The average Bonchev–Trinajstić information content (AvgIpc) is 2.67. The number of hydrogen-bond acceptors (Lipinski definition) is 5. The summed E-state index contributed by atoms with van der Waals surface area (Å²) < 4.78 is 4.87. The molecule has 0 fully saturated rings. The van der Waals surface area contributed by atoms with Gasteiger partial charge in [0.05, 0.1) is 12.3 Å². The van der Waals surface area contributed by atoms with Crippen LogP contribution in [-0.4, -0.2) is 28.5 Å². The van der Waals surface area contributed by atoms with E-state index in [9.17, 15) is 15.0 Å². The van der Waals surface area contributed by atoms with E-state index in [-0.39, 0.29) is 29.4 Å². The van der Waals surface area contributed by atoms with Gasteiger partial charge in [-0.3, -0.25) is 0 Å². The highest BCUT2D eigenvalue weighted by Gasteiger charge is 2.27. The molecule has 1 aromatic rings. The van der Waals surface area contributed by atoms with Crippen LogP contribution in [0.15, 0.2) is 46.3 Å². The fraction of sp³-hybridized carbons (Fsp3) is 0.200. The lowest BCUT2D eigenvalue weighted by atomic mass is 10.1. The first-order chi connectivity index (χ1) is 9.54. The number of aromatic hydroxyl groups is 1. The summed E-state index contributed by atoms with van der Waals surface area (Å²) in [7, 11) is 0. The van der Waals surface area contributed by atoms with Gasteiger partial charge in [-0.05, 0) is 26.0 Å². The highest BCUT2D eigenvalue weighted by molar-refractivity contribution is 6.22. The number of carbonyl (C=O) groups excluding carboxylic acids is 1. The Balaban J connectivity index is 2.41. The molecule has 0 bridgehead atoms. The highest BCUT2D eigenvalue weighted by Crippen LogP contribution is 2.28. The second-order valence-corrected chi connectivity index (χ2v) is 4.23. The van der Waals surface area contributed by atoms with Crippen LogP contribution in [0.1, 0.15) is 19.4 Å². The lowest BCUT2D eigenvalue weighted by Crippen LogP contribution is -2.13. The maximum absolute atomic E-state index is 11.7. The Morgan fingerprint density at radius 1 is 1.35 bits per heavy atom. The minimum absolute atomic E-state index is 0.0634. The Bertz CT molecular complexity index is 641. The van der Waals surface area contributed by atoms with Gasteiger partial charge in [0.1, 0.15) is 17.0 Å². The number of rotatable bonds is 3. The number of phenols is 1. The predicted octanol–water partition coefficient (Wildman–Crippen LogP) is 2.58. The number of hydrogen-bond donors (Lipinski definition) is 2. The first-order valence-corrected chi connectivity index (χ1v) is 6.20. The predicted molar refractivity (Wildman–Crippen MR) is 75.5 cm³/mol. The van der Waals surface area contributed by atoms with Gasteiger partial charge in [-0.2, -0.15) is 0 Å². The molecule has 104 valence electrons. The molecular weight excluding hydrogens is 258 g/mol. The number of carbonyl (C=O) groups is 1. The Kier molecular flexibility index (Phi) is 3.89. The summed E-state index contributed by atoms with van der Waals surface area (Å²) in [6.07, 6.45) is 1.51. The van der Waals surface area contributed by atoms with Crippen molar-refractivity contribution >= 4 is 17.8 Å². The first kappa shape index (κ1) is 13.9. The van der Waals surface area contributed by atoms with Gasteiger partial charge in [-0.1, -0.05) is 18.2 Å². The number of aliphatic hydroxyl groups is 1. The molecule has 2 rings (SSSR count). The first-order valence-electron chi connectivity index (χ1n) is 6.20. The van der Waals surface area contributed by atoms with Gasteiger partial charge in [-0.15, -0.1) is 0 Å². The molecule has 1 aromatic carbocycles. The number of aliphatic imine (C=N–C) groups is 1. The third-order valence-corrected chi connectivity index (χ3v) is 2.84. The molecule has 5 heteroatoms. The Labute approximate surface area is 116 Å². The Morgan fingerprint density at radius 3 is 2.70 bits per heavy atom. The van der Waals surface area contributed by atoms with Crippen molar-refractivity contribution in [1.82, 2.24) is 0 Å². The zero-order valence-electron chi connectivity index (χ0n) is 11.3. The molecule has 0 aliphatic carbocycles. The number of phenolic OH excluding ortho intramolecular Hbond substituents is 1. The van der Waals surface area contributed by atoms with Gasteiger partial charge in [0.25, 0.3) is 0 Å². The van der Waals surface area contributed by atoms with Crippen LogP contribution in [0, 0.1) is 0 Å². The van der Waals surface area contributed by atoms with Crippen LogP contribution in [0.3, 0.4) is 0 Å². The fourth-order valence-electron chi connectivity index (χ4n) is 1.89. The number of para-hydroxylation sites is 1. The summed E-state index contributed by atoms with van der Waals surface area (Å²) in [6, 6.07) is 6.67. The van der Waals surface area contributed by atoms with Crippen LogP contribution < -0.4 is 0 Å². The van der Waals surface area contributed by atoms with E-state index in [2.05, 4.69) is 4.99 Å². The van der Waals surface area contributed by atoms with Crippen LogP contribution >= 0.6 is 0 Å². The summed E-state index contributed by atoms with van der Waals surface area (Å²) >= 11 is 0. The molecule has 0 amide bonds. The fourth-order valence-corrected chi connectivity index (χ4v) is 1.89. The standard InChI is InChI=1S/C15H15NO4/c1-3-20-15(19)13-9(2)16-11(14(13)18)8-10-6-4-5-7-12(10)17/h4-8,17-18H,3H2,1-2H3. The molecule has 0 aromatic heterocycles. The Morgan fingerprint density at radius 2 is 2.05 bits per heavy atom. The second kappa shape index (κ2) is 5.61. The van der Waals surface area contributed by atoms with E-state index in [1.54, 1.807) is 32.0 Å². The summed E-state index contributed by atoms with van der Waals surface area (Å²) in [6.45, 7) is 3.53. The van der Waals surface area contributed by atoms with E-state index < -0.39 is 5.97 Å². The Hall–Kier alpha value is -2.56. The van der Waals surface area contributed by atoms with E-state index in [0.29, 0.717) is 11.3 Å². The molecule has 1 heterocycles. The van der Waals surface area contributed by atoms with E-state index in [4.69, 9.17) is 4.74 Å². The van der Waals surface area contributed by atoms with Gasteiger partial charge in [0.15, 0.2) is 5.76 Å². The number of ether oxygens (including phenoxy) is 1. The molecule has 0 saturated carbocycles. The van der Waals surface area contributed by atoms with Crippen molar-refractivity contribution in [1.29, 1.82) is 0 Å². The van der Waals surface area contributed by atoms with Crippen LogP contribution in [-0.2, 0) is 9.53 Å². The third-order valence-electron chi connectivity index (χ3n) is 2.84. The van der Waals surface area contributed by atoms with Crippen molar-refractivity contribution in [3.05, 3.63) is 46.9 Å². The van der Waals surface area contributed by atoms with Gasteiger partial charge in [-0.25, -0.2) is 9.79 Å². The van der Waals surface area contributed by atoms with Crippen molar-refractivity contribution in [2.45, 2.75) is 13.8 Å². The molecule has 0 spiro atoms. The monoisotopic (exact) mass is 273 g/mol. The van der Waals surface area contributed by atoms with Crippen LogP contribution in [0.5, 0.6) is 5.75 Å². The highest BCUT2D eigenvalue weighted by atomic mass is 16.5. The largest absolute Gasteiger partial charge is 0.507 e. The quantitative estimate of drug-likeness (QED) is 0.829. The lowest BCUT2D eigenvalue weighted by molar-refractivity contribution is -0.138. The zero-order chi connectivity index (χ0) is 14.7. The lowest BCUT2D eigenvalue weighted by Gasteiger charge is -2.03. The molecule has 1 aliphatic rings. The van der Waals surface area contributed by atoms with E-state index >= 15 is 0 Å². The van der Waals surface area contributed by atoms with Crippen LogP contribution in [0.25, 0.3) is 6.08 Å². The number of esters is 1. The molecule has 0 atom stereocenters. The second-order valence-electron chi connectivity index (χ2n) is 4.23. The molecule has 0 unspecified atom stereocenters. The molecule has 1 aliphatic heterocycles. The van der Waals surface area contributed by atoms with Gasteiger partial charge < -0.3 is 14.9 Å². The summed E-state index contributed by atoms with van der Waals surface area (Å²) in [5.41, 5.74) is 1.19. The van der Waals surface area contributed by atoms with Crippen molar-refractivity contribution in [3.63, 3.8) is 0 Å². The normalized spacial score (nSPS) is 16.5. The average molecular weight is 273 g/mol. The van der Waals surface area contributed by atoms with Crippen LogP contribution in [0.4, 0.5) is 0 Å². The summed E-state index contributed by atoms with van der Waals surface area (Å²) in [5, 5.41) is 19.8. The van der Waals surface area contributed by atoms with Crippen molar-refractivity contribution in [2.75, 3.05) is 6.61 Å². The molecule has 0 radical (unpaired) electrons.